The zero-order valence-electron chi connectivity index (χ0n) is 11.3. The average molecular weight is 354 g/mol. The number of benzene rings is 1. The van der Waals surface area contributed by atoms with Crippen molar-refractivity contribution in [2.45, 2.75) is 31.7 Å². The Kier molecular flexibility index (Phi) is 5.12. The molecule has 0 aromatic heterocycles. The fourth-order valence-corrected chi connectivity index (χ4v) is 2.98. The highest BCUT2D eigenvalue weighted by atomic mass is 79.9. The minimum absolute atomic E-state index is 0.0641. The van der Waals surface area contributed by atoms with Gasteiger partial charge in [-0.15, -0.1) is 0 Å². The van der Waals surface area contributed by atoms with Gasteiger partial charge in [-0.05, 0) is 37.0 Å². The molecular weight excluding hydrogens is 338 g/mol. The Bertz CT molecular complexity index is 573. The van der Waals surface area contributed by atoms with Gasteiger partial charge < -0.3 is 10.4 Å². The van der Waals surface area contributed by atoms with Crippen molar-refractivity contribution in [1.29, 1.82) is 0 Å². The minimum atomic E-state index is -1.10. The van der Waals surface area contributed by atoms with Crippen LogP contribution >= 0.6 is 15.9 Å². The van der Waals surface area contributed by atoms with Crippen molar-refractivity contribution in [1.82, 2.24) is 5.32 Å². The molecule has 0 saturated heterocycles. The van der Waals surface area contributed by atoms with Crippen LogP contribution in [0.5, 0.6) is 0 Å². The molecule has 1 aliphatic rings. The van der Waals surface area contributed by atoms with E-state index in [1.165, 1.54) is 0 Å². The fraction of sp³-hybridized carbons (Fsp3) is 0.400. The third kappa shape index (κ3) is 4.14. The number of Topliss-reactive ketones (excluding diaryl/α,β-unsaturated/α-hetero) is 1. The molecule has 0 bridgehead atoms. The molecule has 112 valence electrons. The predicted molar refractivity (Wildman–Crippen MR) is 80.0 cm³/mol. The zero-order valence-corrected chi connectivity index (χ0v) is 12.9. The second-order valence-corrected chi connectivity index (χ2v) is 6.11. The molecule has 2 atom stereocenters. The molecule has 6 heteroatoms. The number of ketones is 1. The molecule has 1 amide bonds. The number of carbonyl (C=O) groups excluding carboxylic acids is 2. The van der Waals surface area contributed by atoms with Crippen LogP contribution in [-0.4, -0.2) is 28.8 Å². The number of carboxylic acid groups (broad SMARTS) is 1. The predicted octanol–water partition coefficient (Wildman–Crippen LogP) is 2.39. The van der Waals surface area contributed by atoms with Gasteiger partial charge in [0.1, 0.15) is 11.8 Å². The molecule has 21 heavy (non-hydrogen) atoms. The van der Waals surface area contributed by atoms with Crippen molar-refractivity contribution in [3.8, 4) is 0 Å². The number of carbonyl (C=O) groups is 3. The molecule has 0 heterocycles. The van der Waals surface area contributed by atoms with E-state index in [-0.39, 0.29) is 18.1 Å². The summed E-state index contributed by atoms with van der Waals surface area (Å²) < 4.78 is 0.745. The van der Waals surface area contributed by atoms with E-state index in [4.69, 9.17) is 0 Å². The van der Waals surface area contributed by atoms with E-state index in [0.717, 1.165) is 4.47 Å². The summed E-state index contributed by atoms with van der Waals surface area (Å²) in [5, 5.41) is 11.9. The van der Waals surface area contributed by atoms with Gasteiger partial charge in [0.2, 0.25) is 0 Å². The highest BCUT2D eigenvalue weighted by molar-refractivity contribution is 9.10. The molecule has 5 nitrogen and oxygen atoms in total. The van der Waals surface area contributed by atoms with Crippen molar-refractivity contribution in [3.05, 3.63) is 34.3 Å². The maximum Gasteiger partial charge on any atom is 0.326 e. The lowest BCUT2D eigenvalue weighted by Crippen LogP contribution is -2.47. The van der Waals surface area contributed by atoms with Gasteiger partial charge in [0.15, 0.2) is 0 Å². The molecule has 0 unspecified atom stereocenters. The van der Waals surface area contributed by atoms with Crippen LogP contribution in [0.4, 0.5) is 0 Å². The van der Waals surface area contributed by atoms with Gasteiger partial charge >= 0.3 is 5.97 Å². The molecule has 2 N–H and O–H groups in total. The first kappa shape index (κ1) is 15.7. The number of rotatable bonds is 4. The highest BCUT2D eigenvalue weighted by Crippen LogP contribution is 2.25. The van der Waals surface area contributed by atoms with Crippen LogP contribution in [0.3, 0.4) is 0 Å². The Balaban J connectivity index is 2.11. The molecule has 0 spiro atoms. The number of amides is 1. The first-order valence-corrected chi connectivity index (χ1v) is 7.57. The average Bonchev–Trinajstić information content (AvgIpc) is 2.44. The Morgan fingerprint density at radius 1 is 1.38 bits per heavy atom. The molecule has 2 rings (SSSR count). The van der Waals surface area contributed by atoms with Crippen molar-refractivity contribution in [2.24, 2.45) is 5.92 Å². The molecule has 0 radical (unpaired) electrons. The summed E-state index contributed by atoms with van der Waals surface area (Å²) in [6, 6.07) is 5.70. The van der Waals surface area contributed by atoms with E-state index < -0.39 is 17.9 Å². The summed E-state index contributed by atoms with van der Waals surface area (Å²) in [4.78, 5) is 35.0. The monoisotopic (exact) mass is 353 g/mol. The van der Waals surface area contributed by atoms with Crippen LogP contribution in [0, 0.1) is 5.92 Å². The first-order chi connectivity index (χ1) is 9.97. The molecule has 1 aromatic carbocycles. The molecule has 1 aliphatic carbocycles. The highest BCUT2D eigenvalue weighted by Gasteiger charge is 2.33. The Labute approximate surface area is 130 Å². The van der Waals surface area contributed by atoms with Crippen molar-refractivity contribution in [2.75, 3.05) is 0 Å². The van der Waals surface area contributed by atoms with E-state index in [1.54, 1.807) is 24.3 Å². The van der Waals surface area contributed by atoms with Gasteiger partial charge in [-0.1, -0.05) is 22.0 Å². The van der Waals surface area contributed by atoms with E-state index in [2.05, 4.69) is 21.2 Å². The maximum atomic E-state index is 12.2. The summed E-state index contributed by atoms with van der Waals surface area (Å²) >= 11 is 3.27. The second kappa shape index (κ2) is 6.85. The van der Waals surface area contributed by atoms with Crippen LogP contribution in [0.15, 0.2) is 28.7 Å². The smallest absolute Gasteiger partial charge is 0.326 e. The van der Waals surface area contributed by atoms with Crippen LogP contribution in [-0.2, 0) is 9.59 Å². The molecule has 1 saturated carbocycles. The summed E-state index contributed by atoms with van der Waals surface area (Å²) in [5.41, 5.74) is 0.387. The van der Waals surface area contributed by atoms with Gasteiger partial charge in [0, 0.05) is 22.9 Å². The standard InChI is InChI=1S/C15H16BrNO4/c16-11-5-1-4-10(7-11)14(19)17-13(15(20)21)9-3-2-6-12(18)8-9/h1,4-5,7,9,13H,2-3,6,8H2,(H,17,19)(H,20,21)/t9-,13+/m1/s1. The SMILES string of the molecule is O=C1CCC[C@@H]([C@H](NC(=O)c2cccc(Br)c2)C(=O)O)C1. The number of aliphatic carboxylic acids is 1. The number of hydrogen-bond donors (Lipinski definition) is 2. The van der Waals surface area contributed by atoms with Gasteiger partial charge in [0.25, 0.3) is 5.91 Å². The third-order valence-electron chi connectivity index (χ3n) is 3.63. The topological polar surface area (TPSA) is 83.5 Å². The van der Waals surface area contributed by atoms with Crippen LogP contribution < -0.4 is 5.32 Å². The maximum absolute atomic E-state index is 12.2. The van der Waals surface area contributed by atoms with Crippen molar-refractivity contribution >= 4 is 33.6 Å². The summed E-state index contributed by atoms with van der Waals surface area (Å²) in [6.45, 7) is 0. The third-order valence-corrected chi connectivity index (χ3v) is 4.12. The lowest BCUT2D eigenvalue weighted by molar-refractivity contribution is -0.141. The molecule has 0 aliphatic heterocycles. The fourth-order valence-electron chi connectivity index (χ4n) is 2.58. The van der Waals surface area contributed by atoms with Gasteiger partial charge in [-0.3, -0.25) is 9.59 Å². The first-order valence-electron chi connectivity index (χ1n) is 6.78. The van der Waals surface area contributed by atoms with Gasteiger partial charge in [0.05, 0.1) is 0 Å². The van der Waals surface area contributed by atoms with E-state index in [0.29, 0.717) is 24.8 Å². The van der Waals surface area contributed by atoms with Crippen LogP contribution in [0.2, 0.25) is 0 Å². The normalized spacial score (nSPS) is 19.9. The van der Waals surface area contributed by atoms with Crippen LogP contribution in [0.25, 0.3) is 0 Å². The zero-order chi connectivity index (χ0) is 15.4. The van der Waals surface area contributed by atoms with Gasteiger partial charge in [-0.2, -0.15) is 0 Å². The Hall–Kier alpha value is -1.69. The number of nitrogens with one attached hydrogen (secondary N) is 1. The second-order valence-electron chi connectivity index (χ2n) is 5.19. The van der Waals surface area contributed by atoms with E-state index in [1.807, 2.05) is 0 Å². The number of hydrogen-bond acceptors (Lipinski definition) is 3. The van der Waals surface area contributed by atoms with Gasteiger partial charge in [-0.25, -0.2) is 4.79 Å². The number of halogens is 1. The lowest BCUT2D eigenvalue weighted by atomic mass is 9.83. The lowest BCUT2D eigenvalue weighted by Gasteiger charge is -2.27. The van der Waals surface area contributed by atoms with E-state index in [9.17, 15) is 19.5 Å². The molecule has 1 fully saturated rings. The quantitative estimate of drug-likeness (QED) is 0.870. The van der Waals surface area contributed by atoms with E-state index >= 15 is 0 Å². The van der Waals surface area contributed by atoms with Crippen LogP contribution in [0.1, 0.15) is 36.0 Å². The Morgan fingerprint density at radius 2 is 2.14 bits per heavy atom. The number of carboxylic acids is 1. The largest absolute Gasteiger partial charge is 0.480 e. The summed E-state index contributed by atoms with van der Waals surface area (Å²) in [7, 11) is 0. The molecular formula is C15H16BrNO4. The Morgan fingerprint density at radius 3 is 2.76 bits per heavy atom. The summed E-state index contributed by atoms with van der Waals surface area (Å²) in [6.07, 6.45) is 2.04. The minimum Gasteiger partial charge on any atom is -0.480 e. The molecule has 1 aromatic rings. The van der Waals surface area contributed by atoms with Crippen molar-refractivity contribution < 1.29 is 19.5 Å². The van der Waals surface area contributed by atoms with Crippen molar-refractivity contribution in [3.63, 3.8) is 0 Å². The summed E-state index contributed by atoms with van der Waals surface area (Å²) in [5.74, 6) is -1.81.